The summed E-state index contributed by atoms with van der Waals surface area (Å²) in [4.78, 5) is 21.0. The number of amides is 1. The number of aryl methyl sites for hydroxylation is 1. The molecular formula is C21H18N4O. The van der Waals surface area contributed by atoms with Gasteiger partial charge >= 0.3 is 0 Å². The molecule has 0 radical (unpaired) electrons. The molecule has 4 aromatic rings. The Kier molecular flexibility index (Phi) is 3.97. The molecule has 0 aliphatic carbocycles. The molecule has 0 bridgehead atoms. The largest absolute Gasteiger partial charge is 0.366 e. The predicted octanol–water partition coefficient (Wildman–Crippen LogP) is 3.42. The van der Waals surface area contributed by atoms with E-state index in [-0.39, 0.29) is 0 Å². The minimum Gasteiger partial charge on any atom is -0.366 e. The van der Waals surface area contributed by atoms with E-state index >= 15 is 0 Å². The Morgan fingerprint density at radius 1 is 1.04 bits per heavy atom. The lowest BCUT2D eigenvalue weighted by Gasteiger charge is -2.17. The fourth-order valence-corrected chi connectivity index (χ4v) is 3.31. The van der Waals surface area contributed by atoms with Crippen molar-refractivity contribution in [2.24, 2.45) is 5.73 Å². The highest BCUT2D eigenvalue weighted by molar-refractivity contribution is 5.96. The van der Waals surface area contributed by atoms with Crippen molar-refractivity contribution in [3.8, 4) is 5.69 Å². The number of nitrogens with two attached hydrogens (primary N) is 1. The molecule has 2 heterocycles. The summed E-state index contributed by atoms with van der Waals surface area (Å²) in [5.41, 5.74) is 11.7. The maximum Gasteiger partial charge on any atom is 0.249 e. The van der Waals surface area contributed by atoms with E-state index in [0.29, 0.717) is 12.0 Å². The van der Waals surface area contributed by atoms with Crippen LogP contribution >= 0.6 is 0 Å². The molecule has 5 nitrogen and oxygen atoms in total. The first-order valence-electron chi connectivity index (χ1n) is 8.40. The topological polar surface area (TPSA) is 73.8 Å². The first kappa shape index (κ1) is 16.0. The number of hydrogen-bond donors (Lipinski definition) is 1. The Bertz CT molecular complexity index is 1100. The average molecular weight is 342 g/mol. The van der Waals surface area contributed by atoms with Crippen LogP contribution in [-0.2, 0) is 6.42 Å². The van der Waals surface area contributed by atoms with E-state index in [2.05, 4.69) is 9.97 Å². The average Bonchev–Trinajstić information content (AvgIpc) is 3.06. The lowest BCUT2D eigenvalue weighted by Crippen LogP contribution is -2.17. The first-order chi connectivity index (χ1) is 12.6. The number of carbonyl (C=O) groups excluding carboxylic acids is 1. The Morgan fingerprint density at radius 3 is 2.62 bits per heavy atom. The maximum absolute atomic E-state index is 12.1. The number of rotatable bonds is 4. The standard InChI is InChI=1S/C21H18N4O/c1-14-9-10-16(20(22)26)17(12-15-6-3-2-4-7-15)19(14)25-13-24-18-8-5-11-23-21(18)25/h2-11,13H,12H2,1H3,(H2,22,26). The minimum absolute atomic E-state index is 0.436. The molecule has 0 saturated heterocycles. The van der Waals surface area contributed by atoms with Gasteiger partial charge in [-0.25, -0.2) is 9.97 Å². The second-order valence-corrected chi connectivity index (χ2v) is 6.24. The van der Waals surface area contributed by atoms with E-state index < -0.39 is 5.91 Å². The van der Waals surface area contributed by atoms with Gasteiger partial charge < -0.3 is 5.73 Å². The van der Waals surface area contributed by atoms with Crippen LogP contribution in [0.2, 0.25) is 0 Å². The van der Waals surface area contributed by atoms with Gasteiger partial charge in [0.15, 0.2) is 5.65 Å². The normalized spacial score (nSPS) is 11.0. The van der Waals surface area contributed by atoms with Crippen molar-refractivity contribution >= 4 is 17.1 Å². The summed E-state index contributed by atoms with van der Waals surface area (Å²) in [5.74, 6) is -0.436. The summed E-state index contributed by atoms with van der Waals surface area (Å²) < 4.78 is 1.94. The van der Waals surface area contributed by atoms with Gasteiger partial charge in [-0.2, -0.15) is 0 Å². The monoisotopic (exact) mass is 342 g/mol. The molecule has 128 valence electrons. The van der Waals surface area contributed by atoms with Crippen molar-refractivity contribution in [3.05, 3.63) is 89.4 Å². The summed E-state index contributed by atoms with van der Waals surface area (Å²) in [6.07, 6.45) is 4.09. The zero-order valence-corrected chi connectivity index (χ0v) is 14.4. The molecule has 0 unspecified atom stereocenters. The van der Waals surface area contributed by atoms with Gasteiger partial charge in [-0.05, 0) is 41.8 Å². The van der Waals surface area contributed by atoms with Gasteiger partial charge in [0.1, 0.15) is 11.8 Å². The molecule has 0 spiro atoms. The molecular weight excluding hydrogens is 324 g/mol. The summed E-state index contributed by atoms with van der Waals surface area (Å²) >= 11 is 0. The molecule has 2 N–H and O–H groups in total. The molecule has 0 aliphatic rings. The molecule has 0 atom stereocenters. The highest BCUT2D eigenvalue weighted by atomic mass is 16.1. The molecule has 26 heavy (non-hydrogen) atoms. The number of carbonyl (C=O) groups is 1. The van der Waals surface area contributed by atoms with Crippen molar-refractivity contribution in [1.82, 2.24) is 14.5 Å². The number of pyridine rings is 1. The highest BCUT2D eigenvalue weighted by Crippen LogP contribution is 2.28. The van der Waals surface area contributed by atoms with Crippen LogP contribution in [0, 0.1) is 6.92 Å². The van der Waals surface area contributed by atoms with Crippen molar-refractivity contribution in [3.63, 3.8) is 0 Å². The van der Waals surface area contributed by atoms with Crippen LogP contribution in [0.3, 0.4) is 0 Å². The van der Waals surface area contributed by atoms with Gasteiger partial charge in [0, 0.05) is 18.2 Å². The van der Waals surface area contributed by atoms with Crippen LogP contribution in [0.1, 0.15) is 27.0 Å². The molecule has 2 aromatic heterocycles. The Morgan fingerprint density at radius 2 is 1.85 bits per heavy atom. The molecule has 0 fully saturated rings. The van der Waals surface area contributed by atoms with Crippen molar-refractivity contribution in [2.75, 3.05) is 0 Å². The van der Waals surface area contributed by atoms with Crippen LogP contribution in [0.4, 0.5) is 0 Å². The molecule has 1 amide bonds. The van der Waals surface area contributed by atoms with Crippen LogP contribution in [0.25, 0.3) is 16.9 Å². The fraction of sp³-hybridized carbons (Fsp3) is 0.0952. The third kappa shape index (κ3) is 2.73. The van der Waals surface area contributed by atoms with Gasteiger partial charge in [-0.1, -0.05) is 36.4 Å². The highest BCUT2D eigenvalue weighted by Gasteiger charge is 2.18. The van der Waals surface area contributed by atoms with Crippen molar-refractivity contribution < 1.29 is 4.79 Å². The Balaban J connectivity index is 1.99. The van der Waals surface area contributed by atoms with Crippen LogP contribution in [0.5, 0.6) is 0 Å². The summed E-state index contributed by atoms with van der Waals surface area (Å²) in [7, 11) is 0. The van der Waals surface area contributed by atoms with Crippen molar-refractivity contribution in [2.45, 2.75) is 13.3 Å². The quantitative estimate of drug-likeness (QED) is 0.617. The van der Waals surface area contributed by atoms with E-state index in [0.717, 1.165) is 33.5 Å². The summed E-state index contributed by atoms with van der Waals surface area (Å²) in [6.45, 7) is 2.02. The first-order valence-corrected chi connectivity index (χ1v) is 8.40. The summed E-state index contributed by atoms with van der Waals surface area (Å²) in [6, 6.07) is 17.5. The number of benzene rings is 2. The van der Waals surface area contributed by atoms with E-state index in [1.165, 1.54) is 0 Å². The second kappa shape index (κ2) is 6.44. The molecule has 5 heteroatoms. The van der Waals surface area contributed by atoms with Gasteiger partial charge in [0.25, 0.3) is 0 Å². The van der Waals surface area contributed by atoms with Gasteiger partial charge in [-0.3, -0.25) is 9.36 Å². The number of fused-ring (bicyclic) bond motifs is 1. The fourth-order valence-electron chi connectivity index (χ4n) is 3.31. The molecule has 4 rings (SSSR count). The smallest absolute Gasteiger partial charge is 0.249 e. The van der Waals surface area contributed by atoms with E-state index in [1.54, 1.807) is 18.6 Å². The number of aromatic nitrogens is 3. The molecule has 0 saturated carbocycles. The second-order valence-electron chi connectivity index (χ2n) is 6.24. The Hall–Kier alpha value is -3.47. The lowest BCUT2D eigenvalue weighted by atomic mass is 9.94. The Labute approximate surface area is 151 Å². The predicted molar refractivity (Wildman–Crippen MR) is 101 cm³/mol. The van der Waals surface area contributed by atoms with Gasteiger partial charge in [0.05, 0.1) is 5.69 Å². The number of imidazole rings is 1. The van der Waals surface area contributed by atoms with Gasteiger partial charge in [0.2, 0.25) is 5.91 Å². The zero-order chi connectivity index (χ0) is 18.1. The third-order valence-corrected chi connectivity index (χ3v) is 4.52. The van der Waals surface area contributed by atoms with Crippen LogP contribution < -0.4 is 5.73 Å². The number of primary amides is 1. The maximum atomic E-state index is 12.1. The number of nitrogens with zero attached hydrogens (tertiary/aromatic N) is 3. The number of hydrogen-bond acceptors (Lipinski definition) is 3. The van der Waals surface area contributed by atoms with E-state index in [4.69, 9.17) is 5.73 Å². The van der Waals surface area contributed by atoms with Gasteiger partial charge in [-0.15, -0.1) is 0 Å². The lowest BCUT2D eigenvalue weighted by molar-refractivity contribution is 0.0999. The van der Waals surface area contributed by atoms with Crippen molar-refractivity contribution in [1.29, 1.82) is 0 Å². The molecule has 2 aromatic carbocycles. The van der Waals surface area contributed by atoms with E-state index in [1.807, 2.05) is 60.0 Å². The SMILES string of the molecule is Cc1ccc(C(N)=O)c(Cc2ccccc2)c1-n1cnc2cccnc21. The van der Waals surface area contributed by atoms with E-state index in [9.17, 15) is 4.79 Å². The zero-order valence-electron chi connectivity index (χ0n) is 14.4. The third-order valence-electron chi connectivity index (χ3n) is 4.52. The molecule has 0 aliphatic heterocycles. The van der Waals surface area contributed by atoms with Crippen LogP contribution in [0.15, 0.2) is 67.1 Å². The van der Waals surface area contributed by atoms with Crippen LogP contribution in [-0.4, -0.2) is 20.4 Å². The summed E-state index contributed by atoms with van der Waals surface area (Å²) in [5, 5.41) is 0. The minimum atomic E-state index is -0.436.